The van der Waals surface area contributed by atoms with Crippen molar-refractivity contribution in [2.75, 3.05) is 6.61 Å². The summed E-state index contributed by atoms with van der Waals surface area (Å²) in [6, 6.07) is 6.93. The van der Waals surface area contributed by atoms with Crippen molar-refractivity contribution in [2.45, 2.75) is 13.0 Å². The fraction of sp³-hybridized carbons (Fsp3) is 0.231. The number of hydrogen-bond acceptors (Lipinski definition) is 3. The van der Waals surface area contributed by atoms with Gasteiger partial charge in [0, 0.05) is 0 Å². The van der Waals surface area contributed by atoms with Crippen LogP contribution in [-0.4, -0.2) is 18.6 Å². The first-order valence-corrected chi connectivity index (χ1v) is 5.70. The summed E-state index contributed by atoms with van der Waals surface area (Å²) in [5, 5.41) is 5.38. The molecule has 5 nitrogen and oxygen atoms in total. The van der Waals surface area contributed by atoms with E-state index in [1.165, 1.54) is 0 Å². The molecule has 0 saturated carbocycles. The Balaban J connectivity index is 2.10. The second-order valence-electron chi connectivity index (χ2n) is 4.36. The van der Waals surface area contributed by atoms with E-state index in [1.807, 2.05) is 31.2 Å². The quantitative estimate of drug-likeness (QED) is 0.728. The van der Waals surface area contributed by atoms with E-state index in [-0.39, 0.29) is 18.6 Å². The van der Waals surface area contributed by atoms with Crippen molar-refractivity contribution in [1.82, 2.24) is 10.6 Å². The van der Waals surface area contributed by atoms with E-state index in [0.29, 0.717) is 11.3 Å². The first kappa shape index (κ1) is 10.8. The third-order valence-corrected chi connectivity index (χ3v) is 3.22. The molecule has 0 bridgehead atoms. The van der Waals surface area contributed by atoms with Crippen LogP contribution in [0, 0.1) is 6.92 Å². The lowest BCUT2D eigenvalue weighted by Gasteiger charge is -2.25. The average molecular weight is 244 g/mol. The predicted molar refractivity (Wildman–Crippen MR) is 63.6 cm³/mol. The molecule has 1 atom stereocenters. The molecule has 92 valence electrons. The summed E-state index contributed by atoms with van der Waals surface area (Å²) in [4.78, 5) is 23.3. The zero-order valence-electron chi connectivity index (χ0n) is 9.82. The van der Waals surface area contributed by atoms with Crippen LogP contribution in [0.15, 0.2) is 35.5 Å². The topological polar surface area (TPSA) is 67.4 Å². The van der Waals surface area contributed by atoms with Crippen LogP contribution in [0.2, 0.25) is 0 Å². The normalized spacial score (nSPS) is 22.2. The molecule has 18 heavy (non-hydrogen) atoms. The van der Waals surface area contributed by atoms with Crippen LogP contribution in [0.25, 0.3) is 0 Å². The minimum Gasteiger partial charge on any atom is -0.456 e. The zero-order valence-corrected chi connectivity index (χ0v) is 9.82. The molecule has 2 amide bonds. The Morgan fingerprint density at radius 2 is 2.06 bits per heavy atom. The lowest BCUT2D eigenvalue weighted by molar-refractivity contribution is -0.136. The molecule has 2 aliphatic rings. The van der Waals surface area contributed by atoms with Crippen molar-refractivity contribution in [3.05, 3.63) is 46.7 Å². The van der Waals surface area contributed by atoms with Gasteiger partial charge in [-0.1, -0.05) is 24.3 Å². The van der Waals surface area contributed by atoms with E-state index < -0.39 is 6.04 Å². The predicted octanol–water partition coefficient (Wildman–Crippen LogP) is 1.16. The zero-order chi connectivity index (χ0) is 12.7. The summed E-state index contributed by atoms with van der Waals surface area (Å²) in [5.74, 6) is -0.370. The number of nitrogens with one attached hydrogen (secondary N) is 2. The smallest absolute Gasteiger partial charge is 0.338 e. The highest BCUT2D eigenvalue weighted by atomic mass is 16.5. The number of ether oxygens (including phenoxy) is 1. The third kappa shape index (κ3) is 1.55. The van der Waals surface area contributed by atoms with Crippen LogP contribution in [0.5, 0.6) is 0 Å². The van der Waals surface area contributed by atoms with Gasteiger partial charge in [0.15, 0.2) is 0 Å². The SMILES string of the molecule is Cc1ccccc1[C@@H]1NC(=O)NC2=C1C(=O)OC2. The Kier molecular flexibility index (Phi) is 2.33. The molecule has 2 aliphatic heterocycles. The highest BCUT2D eigenvalue weighted by molar-refractivity contribution is 5.97. The van der Waals surface area contributed by atoms with Gasteiger partial charge in [0.05, 0.1) is 17.3 Å². The fourth-order valence-corrected chi connectivity index (χ4v) is 2.33. The van der Waals surface area contributed by atoms with Gasteiger partial charge in [0.1, 0.15) is 6.61 Å². The molecule has 1 aromatic rings. The van der Waals surface area contributed by atoms with Crippen LogP contribution in [-0.2, 0) is 9.53 Å². The van der Waals surface area contributed by atoms with Gasteiger partial charge in [0.2, 0.25) is 0 Å². The van der Waals surface area contributed by atoms with E-state index in [0.717, 1.165) is 11.1 Å². The molecule has 2 N–H and O–H groups in total. The highest BCUT2D eigenvalue weighted by Crippen LogP contribution is 2.32. The number of amides is 2. The number of benzene rings is 1. The van der Waals surface area contributed by atoms with Crippen LogP contribution < -0.4 is 10.6 Å². The minimum atomic E-state index is -0.426. The molecule has 0 saturated heterocycles. The van der Waals surface area contributed by atoms with E-state index in [2.05, 4.69) is 10.6 Å². The summed E-state index contributed by atoms with van der Waals surface area (Å²) >= 11 is 0. The number of esters is 1. The van der Waals surface area contributed by atoms with Gasteiger partial charge in [-0.2, -0.15) is 0 Å². The largest absolute Gasteiger partial charge is 0.456 e. The summed E-state index contributed by atoms with van der Waals surface area (Å²) in [6.45, 7) is 2.09. The summed E-state index contributed by atoms with van der Waals surface area (Å²) in [7, 11) is 0. The maximum Gasteiger partial charge on any atom is 0.338 e. The van der Waals surface area contributed by atoms with Gasteiger partial charge in [-0.05, 0) is 18.1 Å². The lowest BCUT2D eigenvalue weighted by Crippen LogP contribution is -2.44. The molecule has 0 aliphatic carbocycles. The maximum atomic E-state index is 11.7. The number of rotatable bonds is 1. The molecule has 3 rings (SSSR count). The number of aryl methyl sites for hydroxylation is 1. The molecule has 0 unspecified atom stereocenters. The third-order valence-electron chi connectivity index (χ3n) is 3.22. The molecular weight excluding hydrogens is 232 g/mol. The lowest BCUT2D eigenvalue weighted by atomic mass is 9.93. The first-order chi connectivity index (χ1) is 8.66. The van der Waals surface area contributed by atoms with E-state index in [4.69, 9.17) is 4.74 Å². The maximum absolute atomic E-state index is 11.7. The minimum absolute atomic E-state index is 0.143. The van der Waals surface area contributed by atoms with Crippen molar-refractivity contribution in [3.63, 3.8) is 0 Å². The average Bonchev–Trinajstić information content (AvgIpc) is 2.71. The number of hydrogen-bond donors (Lipinski definition) is 2. The second-order valence-corrected chi connectivity index (χ2v) is 4.36. The molecule has 0 aromatic heterocycles. The van der Waals surface area contributed by atoms with Gasteiger partial charge < -0.3 is 15.4 Å². The van der Waals surface area contributed by atoms with Gasteiger partial charge in [0.25, 0.3) is 0 Å². The Bertz CT molecular complexity index is 577. The van der Waals surface area contributed by atoms with Crippen LogP contribution in [0.3, 0.4) is 0 Å². The van der Waals surface area contributed by atoms with E-state index in [9.17, 15) is 9.59 Å². The Morgan fingerprint density at radius 3 is 2.83 bits per heavy atom. The molecular formula is C13H12N2O3. The Labute approximate surface area is 104 Å². The van der Waals surface area contributed by atoms with Gasteiger partial charge in [-0.15, -0.1) is 0 Å². The summed E-state index contributed by atoms with van der Waals surface area (Å²) in [6.07, 6.45) is 0. The van der Waals surface area contributed by atoms with Gasteiger partial charge in [-0.3, -0.25) is 0 Å². The number of cyclic esters (lactones) is 1. The summed E-state index contributed by atoms with van der Waals surface area (Å²) < 4.78 is 4.97. The van der Waals surface area contributed by atoms with Crippen LogP contribution in [0.1, 0.15) is 17.2 Å². The molecule has 0 radical (unpaired) electrons. The Morgan fingerprint density at radius 1 is 1.28 bits per heavy atom. The Hall–Kier alpha value is -2.30. The fourth-order valence-electron chi connectivity index (χ4n) is 2.33. The van der Waals surface area contributed by atoms with Gasteiger partial charge >= 0.3 is 12.0 Å². The molecule has 0 fully saturated rings. The number of carbonyl (C=O) groups is 2. The summed E-state index contributed by atoms with van der Waals surface area (Å²) in [5.41, 5.74) is 3.01. The molecule has 5 heteroatoms. The van der Waals surface area contributed by atoms with Crippen LogP contribution >= 0.6 is 0 Å². The highest BCUT2D eigenvalue weighted by Gasteiger charge is 2.38. The van der Waals surface area contributed by atoms with E-state index in [1.54, 1.807) is 0 Å². The monoisotopic (exact) mass is 244 g/mol. The molecule has 0 spiro atoms. The molecule has 1 aromatic carbocycles. The van der Waals surface area contributed by atoms with Crippen molar-refractivity contribution >= 4 is 12.0 Å². The van der Waals surface area contributed by atoms with Crippen molar-refractivity contribution in [1.29, 1.82) is 0 Å². The van der Waals surface area contributed by atoms with Gasteiger partial charge in [-0.25, -0.2) is 9.59 Å². The first-order valence-electron chi connectivity index (χ1n) is 5.70. The number of urea groups is 1. The van der Waals surface area contributed by atoms with E-state index >= 15 is 0 Å². The van der Waals surface area contributed by atoms with Crippen molar-refractivity contribution in [3.8, 4) is 0 Å². The number of carbonyl (C=O) groups excluding carboxylic acids is 2. The standard InChI is InChI=1S/C13H12N2O3/c1-7-4-2-3-5-8(7)11-10-9(6-18-12(10)16)14-13(17)15-11/h2-5,11H,6H2,1H3,(H2,14,15,17)/t11-/m0/s1. The van der Waals surface area contributed by atoms with Crippen molar-refractivity contribution in [2.24, 2.45) is 0 Å². The van der Waals surface area contributed by atoms with Crippen molar-refractivity contribution < 1.29 is 14.3 Å². The van der Waals surface area contributed by atoms with Crippen LogP contribution in [0.4, 0.5) is 4.79 Å². The second kappa shape index (κ2) is 3.87. The molecule has 2 heterocycles.